The van der Waals surface area contributed by atoms with Gasteiger partial charge >= 0.3 is 0 Å². The number of rotatable bonds is 0. The van der Waals surface area contributed by atoms with E-state index in [4.69, 9.17) is 0 Å². The Labute approximate surface area is 128 Å². The van der Waals surface area contributed by atoms with Gasteiger partial charge in [-0.15, -0.1) is 0 Å². The second-order valence-electron chi connectivity index (χ2n) is 4.39. The van der Waals surface area contributed by atoms with E-state index in [-0.39, 0.29) is 16.8 Å². The van der Waals surface area contributed by atoms with Gasteiger partial charge in [-0.1, -0.05) is 25.0 Å². The average molecular weight is 299 g/mol. The molecule has 2 aromatic rings. The molecule has 1 aliphatic rings. The molecule has 111 valence electrons. The second kappa shape index (κ2) is 15.0. The first kappa shape index (κ1) is 17.9. The number of hydrogen-bond acceptors (Lipinski definition) is 0. The fourth-order valence-corrected chi connectivity index (χ4v) is 1.76. The van der Waals surface area contributed by atoms with E-state index in [1.807, 2.05) is 60.7 Å². The summed E-state index contributed by atoms with van der Waals surface area (Å²) in [5, 5.41) is 0. The summed E-state index contributed by atoms with van der Waals surface area (Å²) in [5.74, 6) is 0. The van der Waals surface area contributed by atoms with Crippen LogP contribution in [0.3, 0.4) is 0 Å². The van der Waals surface area contributed by atoms with E-state index in [9.17, 15) is 0 Å². The first-order valence-corrected chi connectivity index (χ1v) is 6.98. The van der Waals surface area contributed by atoms with Crippen molar-refractivity contribution in [2.75, 3.05) is 0 Å². The van der Waals surface area contributed by atoms with Crippen molar-refractivity contribution in [3.63, 3.8) is 0 Å². The second-order valence-corrected chi connectivity index (χ2v) is 4.39. The quantitative estimate of drug-likeness (QED) is 0.432. The van der Waals surface area contributed by atoms with Crippen molar-refractivity contribution < 1.29 is 16.8 Å². The fourth-order valence-electron chi connectivity index (χ4n) is 1.76. The van der Waals surface area contributed by atoms with Crippen LogP contribution in [0.25, 0.3) is 0 Å². The smallest absolute Gasteiger partial charge is 0 e. The third-order valence-electron chi connectivity index (χ3n) is 2.77. The molecule has 0 saturated carbocycles. The van der Waals surface area contributed by atoms with Gasteiger partial charge in [-0.3, -0.25) is 0 Å². The first-order valence-electron chi connectivity index (χ1n) is 6.98. The van der Waals surface area contributed by atoms with Crippen LogP contribution in [-0.4, -0.2) is 0 Å². The van der Waals surface area contributed by atoms with Crippen LogP contribution in [0, 0.1) is 0 Å². The minimum absolute atomic E-state index is 0. The van der Waals surface area contributed by atoms with Crippen molar-refractivity contribution in [3.8, 4) is 0 Å². The monoisotopic (exact) mass is 299 g/mol. The Morgan fingerprint density at radius 3 is 1.32 bits per heavy atom. The van der Waals surface area contributed by atoms with Crippen molar-refractivity contribution in [3.05, 3.63) is 72.8 Å². The average Bonchev–Trinajstić information content (AvgIpc) is 3.08. The van der Waals surface area contributed by atoms with Gasteiger partial charge in [0.25, 0.3) is 0 Å². The SMILES string of the molecule is C1=CCCCCCC1.[Co].[cH-]1[cH-][cH-][cH-][cH-]1.c1cc[cH-]c1. The van der Waals surface area contributed by atoms with E-state index >= 15 is 0 Å². The zero-order chi connectivity index (χ0) is 12.7. The van der Waals surface area contributed by atoms with Crippen LogP contribution in [0.2, 0.25) is 0 Å². The molecule has 0 fully saturated rings. The molecule has 0 spiro atoms. The molecule has 1 radical (unpaired) electrons. The van der Waals surface area contributed by atoms with Crippen LogP contribution in [0.1, 0.15) is 38.5 Å². The topological polar surface area (TPSA) is 0 Å². The van der Waals surface area contributed by atoms with Gasteiger partial charge in [0.1, 0.15) is 0 Å². The van der Waals surface area contributed by atoms with Gasteiger partial charge < -0.3 is 30.3 Å². The third-order valence-corrected chi connectivity index (χ3v) is 2.77. The zero-order valence-electron chi connectivity index (χ0n) is 11.5. The van der Waals surface area contributed by atoms with E-state index in [1.165, 1.54) is 38.5 Å². The Kier molecular flexibility index (Phi) is 14.2. The van der Waals surface area contributed by atoms with Gasteiger partial charge in [0.15, 0.2) is 0 Å². The molecular formula is C18H24Co-6. The summed E-state index contributed by atoms with van der Waals surface area (Å²) < 4.78 is 0. The zero-order valence-corrected chi connectivity index (χ0v) is 12.5. The van der Waals surface area contributed by atoms with Crippen LogP contribution < -0.4 is 0 Å². The molecule has 0 nitrogen and oxygen atoms in total. The summed E-state index contributed by atoms with van der Waals surface area (Å²) in [4.78, 5) is 0. The molecule has 0 amide bonds. The molecule has 0 saturated heterocycles. The van der Waals surface area contributed by atoms with Crippen molar-refractivity contribution in [1.29, 1.82) is 0 Å². The molecule has 3 rings (SSSR count). The number of allylic oxidation sites excluding steroid dienone is 2. The normalized spacial score (nSPS) is 13.5. The summed E-state index contributed by atoms with van der Waals surface area (Å²) in [6.45, 7) is 0. The fraction of sp³-hybridized carbons (Fsp3) is 0.333. The minimum atomic E-state index is 0. The van der Waals surface area contributed by atoms with E-state index in [0.29, 0.717) is 0 Å². The summed E-state index contributed by atoms with van der Waals surface area (Å²) in [5.41, 5.74) is 0. The van der Waals surface area contributed by atoms with Crippen LogP contribution in [0.15, 0.2) is 72.8 Å². The molecule has 2 aromatic carbocycles. The summed E-state index contributed by atoms with van der Waals surface area (Å²) >= 11 is 0. The summed E-state index contributed by atoms with van der Waals surface area (Å²) in [6.07, 6.45) is 13.0. The molecule has 0 bridgehead atoms. The van der Waals surface area contributed by atoms with E-state index in [1.54, 1.807) is 0 Å². The van der Waals surface area contributed by atoms with E-state index < -0.39 is 0 Å². The largest absolute Gasteiger partial charge is 0.748 e. The van der Waals surface area contributed by atoms with Gasteiger partial charge in [-0.05, 0) is 25.7 Å². The molecule has 0 heterocycles. The molecule has 1 aliphatic carbocycles. The third kappa shape index (κ3) is 13.2. The Balaban J connectivity index is 0.000000259. The maximum absolute atomic E-state index is 2.32. The van der Waals surface area contributed by atoms with Gasteiger partial charge in [0, 0.05) is 16.8 Å². The van der Waals surface area contributed by atoms with Crippen LogP contribution in [0.4, 0.5) is 0 Å². The Bertz CT molecular complexity index is 272. The predicted octanol–water partition coefficient (Wildman–Crippen LogP) is 5.71. The van der Waals surface area contributed by atoms with Crippen LogP contribution >= 0.6 is 0 Å². The first-order chi connectivity index (χ1) is 9.00. The molecule has 0 unspecified atom stereocenters. The van der Waals surface area contributed by atoms with Crippen LogP contribution in [-0.2, 0) is 16.8 Å². The molecule has 0 aliphatic heterocycles. The molecule has 19 heavy (non-hydrogen) atoms. The van der Waals surface area contributed by atoms with Crippen LogP contribution in [0.5, 0.6) is 0 Å². The Morgan fingerprint density at radius 2 is 1.00 bits per heavy atom. The van der Waals surface area contributed by atoms with Gasteiger partial charge in [0.05, 0.1) is 0 Å². The van der Waals surface area contributed by atoms with Crippen molar-refractivity contribution in [2.45, 2.75) is 38.5 Å². The van der Waals surface area contributed by atoms with Crippen molar-refractivity contribution >= 4 is 0 Å². The van der Waals surface area contributed by atoms with E-state index in [2.05, 4.69) is 12.2 Å². The molecule has 0 atom stereocenters. The molecule has 0 aromatic heterocycles. The number of hydrogen-bond donors (Lipinski definition) is 0. The van der Waals surface area contributed by atoms with Gasteiger partial charge in [0.2, 0.25) is 0 Å². The van der Waals surface area contributed by atoms with E-state index in [0.717, 1.165) is 0 Å². The minimum Gasteiger partial charge on any atom is -0.748 e. The molecular weight excluding hydrogens is 275 g/mol. The van der Waals surface area contributed by atoms with Gasteiger partial charge in [-0.2, -0.15) is 18.2 Å². The Hall–Kier alpha value is -1.05. The molecule has 0 N–H and O–H groups in total. The van der Waals surface area contributed by atoms with Gasteiger partial charge in [-0.25, -0.2) is 12.1 Å². The predicted molar refractivity (Wildman–Crippen MR) is 80.9 cm³/mol. The standard InChI is InChI=1S/C8H14.2C5H5.Co/c1-2-4-6-8-7-5-3-1;2*1-2-4-5-3-1;/h1-2H,3-8H2;2*1-5H;/q;-5;-1;. The summed E-state index contributed by atoms with van der Waals surface area (Å²) in [6, 6.07) is 20.0. The maximum atomic E-state index is 2.32. The molecule has 1 heteroatoms. The van der Waals surface area contributed by atoms with Crippen molar-refractivity contribution in [2.24, 2.45) is 0 Å². The summed E-state index contributed by atoms with van der Waals surface area (Å²) in [7, 11) is 0. The Morgan fingerprint density at radius 1 is 0.579 bits per heavy atom. The maximum Gasteiger partial charge on any atom is 0 e. The van der Waals surface area contributed by atoms with Crippen molar-refractivity contribution in [1.82, 2.24) is 0 Å².